The normalized spacial score (nSPS) is 19.2. The van der Waals surface area contributed by atoms with Crippen molar-refractivity contribution in [1.29, 1.82) is 0 Å². The number of rotatable bonds is 2. The van der Waals surface area contributed by atoms with Crippen LogP contribution < -0.4 is 0 Å². The van der Waals surface area contributed by atoms with Crippen molar-refractivity contribution >= 4 is 36.8 Å². The molecule has 0 rings (SSSR count). The fourth-order valence-corrected chi connectivity index (χ4v) is 0.787. The summed E-state index contributed by atoms with van der Waals surface area (Å²) in [6.07, 6.45) is 0. The van der Waals surface area contributed by atoms with Crippen LogP contribution in [0, 0.1) is 0 Å². The van der Waals surface area contributed by atoms with Gasteiger partial charge in [-0.05, 0) is 6.92 Å². The van der Waals surface area contributed by atoms with Gasteiger partial charge in [0.25, 0.3) is 5.92 Å². The molecule has 0 heterocycles. The van der Waals surface area contributed by atoms with Crippen molar-refractivity contribution in [2.75, 3.05) is 0 Å². The van der Waals surface area contributed by atoms with Crippen LogP contribution in [0.25, 0.3) is 0 Å². The lowest BCUT2D eigenvalue weighted by atomic mass is 10.3. The van der Waals surface area contributed by atoms with E-state index in [1.165, 1.54) is 6.92 Å². The van der Waals surface area contributed by atoms with Gasteiger partial charge in [0.15, 0.2) is 2.88 Å². The summed E-state index contributed by atoms with van der Waals surface area (Å²) in [7, 11) is 0. The van der Waals surface area contributed by atoms with Gasteiger partial charge in [-0.25, -0.2) is 8.78 Å². The largest absolute Gasteiger partial charge is 0.272 e. The summed E-state index contributed by atoms with van der Waals surface area (Å²) in [5.74, 6) is -2.80. The van der Waals surface area contributed by atoms with Crippen molar-refractivity contribution in [2.24, 2.45) is 0 Å². The minimum absolute atomic E-state index is 0.824. The molecule has 0 spiro atoms. The number of hydrogen-bond acceptors (Lipinski definition) is 0. The third-order valence-corrected chi connectivity index (χ3v) is 4.41. The lowest BCUT2D eigenvalue weighted by Gasteiger charge is -2.23. The van der Waals surface area contributed by atoms with Gasteiger partial charge in [-0.2, -0.15) is 0 Å². The number of hydrogen-bond donors (Lipinski definition) is 0. The molecule has 0 fully saturated rings. The molecule has 0 aromatic heterocycles. The highest BCUT2D eigenvalue weighted by molar-refractivity contribution is 14.2. The van der Waals surface area contributed by atoms with Gasteiger partial charge in [0.05, 0.1) is 0 Å². The molecule has 0 aliphatic rings. The Morgan fingerprint density at radius 1 is 1.44 bits per heavy atom. The maximum atomic E-state index is 12.4. The Labute approximate surface area is 68.3 Å². The molecule has 0 aliphatic carbocycles. The quantitative estimate of drug-likeness (QED) is 0.533. The molecule has 0 nitrogen and oxygen atoms in total. The van der Waals surface area contributed by atoms with Crippen molar-refractivity contribution in [2.45, 2.75) is 22.7 Å². The molecule has 0 aromatic rings. The maximum absolute atomic E-state index is 12.4. The van der Waals surface area contributed by atoms with Crippen molar-refractivity contribution in [3.8, 4) is 0 Å². The van der Waals surface area contributed by atoms with E-state index in [1.54, 1.807) is 0 Å². The van der Waals surface area contributed by atoms with Crippen LogP contribution in [-0.4, -0.2) is 13.3 Å². The third kappa shape index (κ3) is 2.45. The Hall–Kier alpha value is 0.750. The van der Waals surface area contributed by atoms with Crippen LogP contribution in [0.1, 0.15) is 13.8 Å². The van der Waals surface area contributed by atoms with Crippen molar-refractivity contribution in [3.05, 3.63) is 0 Å². The van der Waals surface area contributed by atoms with Gasteiger partial charge in [0.2, 0.25) is 0 Å². The molecule has 4 heteroatoms. The smallest absolute Gasteiger partial charge is 0.204 e. The summed E-state index contributed by atoms with van der Waals surface area (Å²) >= 11 is 4.57. The first kappa shape index (κ1) is 9.75. The first-order valence-corrected chi connectivity index (χ1v) is 5.26. The summed E-state index contributed by atoms with van der Waals surface area (Å²) in [4.78, 5) is 0. The molecule has 0 saturated heterocycles. The summed E-state index contributed by atoms with van der Waals surface area (Å²) in [6, 6.07) is 0. The topological polar surface area (TPSA) is 0 Å². The van der Waals surface area contributed by atoms with Crippen molar-refractivity contribution in [3.63, 3.8) is 0 Å². The molecule has 0 saturated carbocycles. The Balaban J connectivity index is 4.32. The van der Waals surface area contributed by atoms with Crippen LogP contribution in [0.3, 0.4) is 0 Å². The van der Waals surface area contributed by atoms with E-state index in [-0.39, 0.29) is 0 Å². The van der Waals surface area contributed by atoms with Crippen LogP contribution in [0.4, 0.5) is 8.78 Å². The fraction of sp³-hybridized carbons (Fsp3) is 0.800. The molecular formula is C5H8ClF2I. The van der Waals surface area contributed by atoms with Gasteiger partial charge in [0, 0.05) is 6.92 Å². The Bertz CT molecular complexity index is 117. The highest BCUT2D eigenvalue weighted by atomic mass is 127. The van der Waals surface area contributed by atoms with E-state index in [9.17, 15) is 8.78 Å². The Morgan fingerprint density at radius 2 is 1.78 bits per heavy atom. The van der Waals surface area contributed by atoms with Crippen LogP contribution in [-0.2, 0) is 0 Å². The Morgan fingerprint density at radius 3 is 1.78 bits per heavy atom. The van der Waals surface area contributed by atoms with Gasteiger partial charge in [-0.3, -0.25) is 0 Å². The second kappa shape index (κ2) is 2.78. The minimum Gasteiger partial charge on any atom is -0.204 e. The van der Waals surface area contributed by atoms with Crippen molar-refractivity contribution < 1.29 is 8.78 Å². The molecule has 0 bridgehead atoms. The van der Waals surface area contributed by atoms with Crippen LogP contribution in [0.15, 0.2) is 0 Å². The van der Waals surface area contributed by atoms with Gasteiger partial charge in [0.1, 0.15) is 0 Å². The fourth-order valence-electron chi connectivity index (χ4n) is 0.117. The first-order chi connectivity index (χ1) is 3.81. The summed E-state index contributed by atoms with van der Waals surface area (Å²) in [6.45, 7) is 2.15. The molecule has 0 aliphatic heterocycles. The van der Waals surface area contributed by atoms with E-state index in [0.29, 0.717) is 0 Å². The van der Waals surface area contributed by atoms with Gasteiger partial charge in [-0.15, -0.1) is 32.3 Å². The second-order valence-electron chi connectivity index (χ2n) is 1.91. The van der Waals surface area contributed by atoms with Crippen molar-refractivity contribution in [1.82, 2.24) is 0 Å². The monoisotopic (exact) mass is 268 g/mol. The molecule has 9 heavy (non-hydrogen) atoms. The second-order valence-corrected chi connectivity index (χ2v) is 6.22. The standard InChI is InChI=1S/C5H8ClF2I/c1-4(6,9-3)5(2,7)8/h3H2,1-2H3. The summed E-state index contributed by atoms with van der Waals surface area (Å²) < 4.78 is 26.8. The molecule has 0 radical (unpaired) electrons. The first-order valence-electron chi connectivity index (χ1n) is 2.27. The predicted molar refractivity (Wildman–Crippen MR) is 46.0 cm³/mol. The lowest BCUT2D eigenvalue weighted by Crippen LogP contribution is -2.31. The van der Waals surface area contributed by atoms with Gasteiger partial charge >= 0.3 is 0 Å². The van der Waals surface area contributed by atoms with E-state index >= 15 is 0 Å². The zero-order valence-corrected chi connectivity index (χ0v) is 8.13. The number of halogens is 4. The average molecular weight is 268 g/mol. The van der Waals surface area contributed by atoms with Crippen LogP contribution in [0.5, 0.6) is 0 Å². The van der Waals surface area contributed by atoms with E-state index in [0.717, 1.165) is 6.92 Å². The minimum atomic E-state index is -2.80. The van der Waals surface area contributed by atoms with E-state index in [4.69, 9.17) is 11.6 Å². The van der Waals surface area contributed by atoms with Gasteiger partial charge < -0.3 is 0 Å². The maximum Gasteiger partial charge on any atom is 0.272 e. The zero-order chi connectivity index (χ0) is 7.71. The lowest BCUT2D eigenvalue weighted by molar-refractivity contribution is 0.0169. The number of alkyl halides is 4. The molecule has 0 aromatic carbocycles. The summed E-state index contributed by atoms with van der Waals surface area (Å²) in [5, 5.41) is 0. The molecule has 56 valence electrons. The average Bonchev–Trinajstić information content (AvgIpc) is 1.64. The molecule has 1 atom stereocenters. The third-order valence-electron chi connectivity index (χ3n) is 1.02. The van der Waals surface area contributed by atoms with Gasteiger partial charge in [-0.1, -0.05) is 4.51 Å². The SMILES string of the molecule is C=IC(C)(Cl)C(C)(F)F. The predicted octanol–water partition coefficient (Wildman–Crippen LogP) is 3.00. The van der Waals surface area contributed by atoms with E-state index < -0.39 is 29.5 Å². The highest BCUT2D eigenvalue weighted by Crippen LogP contribution is 2.42. The molecule has 0 amide bonds. The highest BCUT2D eigenvalue weighted by Gasteiger charge is 2.42. The Kier molecular flexibility index (Phi) is 3.01. The van der Waals surface area contributed by atoms with E-state index in [1.807, 2.05) is 0 Å². The molecular weight excluding hydrogens is 260 g/mol. The zero-order valence-electron chi connectivity index (χ0n) is 5.22. The summed E-state index contributed by atoms with van der Waals surface area (Å²) in [5.41, 5.74) is 0. The van der Waals surface area contributed by atoms with Crippen LogP contribution >= 0.6 is 32.3 Å². The van der Waals surface area contributed by atoms with E-state index in [2.05, 4.69) is 4.51 Å². The van der Waals surface area contributed by atoms with Crippen LogP contribution in [0.2, 0.25) is 0 Å². The molecule has 0 N–H and O–H groups in total. The molecule has 1 unspecified atom stereocenters.